The Kier molecular flexibility index (Phi) is 5.58. The van der Waals surface area contributed by atoms with Crippen LogP contribution in [0, 0.1) is 0 Å². The van der Waals surface area contributed by atoms with Crippen LogP contribution in [0.15, 0.2) is 55.0 Å². The van der Waals surface area contributed by atoms with E-state index in [1.807, 2.05) is 0 Å². The number of nitrogens with zero attached hydrogens (tertiary/aromatic N) is 4. The number of halogens is 3. The summed E-state index contributed by atoms with van der Waals surface area (Å²) in [6, 6.07) is 7.93. The highest BCUT2D eigenvalue weighted by Crippen LogP contribution is 2.38. The average molecular weight is 427 g/mol. The molecule has 0 spiro atoms. The molecule has 1 aromatic carbocycles. The highest BCUT2D eigenvalue weighted by molar-refractivity contribution is 5.94. The van der Waals surface area contributed by atoms with Gasteiger partial charge in [-0.2, -0.15) is 13.2 Å². The predicted molar refractivity (Wildman–Crippen MR) is 109 cm³/mol. The van der Waals surface area contributed by atoms with Gasteiger partial charge in [0.25, 0.3) is 5.91 Å². The number of pyridine rings is 1. The third kappa shape index (κ3) is 4.35. The summed E-state index contributed by atoms with van der Waals surface area (Å²) in [6.07, 6.45) is 2.33. The van der Waals surface area contributed by atoms with Crippen molar-refractivity contribution in [3.8, 4) is 11.1 Å². The Hall–Kier alpha value is -3.49. The summed E-state index contributed by atoms with van der Waals surface area (Å²) < 4.78 is 39.7. The van der Waals surface area contributed by atoms with Crippen LogP contribution in [0.5, 0.6) is 0 Å². The number of nitrogen functional groups attached to an aromatic ring is 1. The first-order valence-electron chi connectivity index (χ1n) is 9.85. The summed E-state index contributed by atoms with van der Waals surface area (Å²) in [7, 11) is 0. The second-order valence-electron chi connectivity index (χ2n) is 7.36. The summed E-state index contributed by atoms with van der Waals surface area (Å²) in [5, 5.41) is 0. The summed E-state index contributed by atoms with van der Waals surface area (Å²) in [4.78, 5) is 27.2. The van der Waals surface area contributed by atoms with E-state index in [4.69, 9.17) is 5.73 Å². The van der Waals surface area contributed by atoms with Gasteiger partial charge in [0.15, 0.2) is 0 Å². The van der Waals surface area contributed by atoms with Gasteiger partial charge in [0.2, 0.25) is 5.95 Å². The number of benzene rings is 1. The molecule has 0 aliphatic carbocycles. The van der Waals surface area contributed by atoms with Crippen LogP contribution in [-0.4, -0.2) is 32.3 Å². The maximum Gasteiger partial charge on any atom is 0.416 e. The molecule has 1 amide bonds. The summed E-state index contributed by atoms with van der Waals surface area (Å²) >= 11 is 0. The van der Waals surface area contributed by atoms with Gasteiger partial charge in [-0.15, -0.1) is 0 Å². The smallest absolute Gasteiger partial charge is 0.368 e. The average Bonchev–Trinajstić information content (AvgIpc) is 2.78. The fourth-order valence-electron chi connectivity index (χ4n) is 3.86. The number of alkyl halides is 3. The Morgan fingerprint density at radius 2 is 1.97 bits per heavy atom. The summed E-state index contributed by atoms with van der Waals surface area (Å²) in [5.74, 6) is -0.199. The van der Waals surface area contributed by atoms with E-state index in [0.717, 1.165) is 25.0 Å². The standard InChI is InChI=1S/C22H20F3N5O/c23-22(24,25)16-7-3-5-14(11-16)17-13-28-21(26)29-19(17)18-8-1-2-10-30(18)20(31)15-6-4-9-27-12-15/h3-7,9,11-13,18H,1-2,8,10H2,(H2,26,28,29)/t18-/m1/s1. The lowest BCUT2D eigenvalue weighted by molar-refractivity contribution is -0.137. The first kappa shape index (κ1) is 20.8. The molecule has 0 unspecified atom stereocenters. The number of piperidine rings is 1. The fraction of sp³-hybridized carbons (Fsp3) is 0.273. The van der Waals surface area contributed by atoms with Crippen molar-refractivity contribution in [3.05, 3.63) is 71.8 Å². The zero-order valence-corrected chi connectivity index (χ0v) is 16.5. The number of likely N-dealkylation sites (tertiary alicyclic amines) is 1. The molecular weight excluding hydrogens is 407 g/mol. The first-order valence-corrected chi connectivity index (χ1v) is 9.85. The van der Waals surface area contributed by atoms with Crippen LogP contribution in [0.2, 0.25) is 0 Å². The van der Waals surface area contributed by atoms with E-state index in [1.54, 1.807) is 29.3 Å². The molecular formula is C22H20F3N5O. The number of carbonyl (C=O) groups excluding carboxylic acids is 1. The van der Waals surface area contributed by atoms with Gasteiger partial charge in [0.1, 0.15) is 0 Å². The van der Waals surface area contributed by atoms with Crippen LogP contribution in [0.25, 0.3) is 11.1 Å². The van der Waals surface area contributed by atoms with Gasteiger partial charge in [-0.1, -0.05) is 12.1 Å². The van der Waals surface area contributed by atoms with Gasteiger partial charge in [0, 0.05) is 30.7 Å². The molecule has 2 N–H and O–H groups in total. The Morgan fingerprint density at radius 1 is 1.13 bits per heavy atom. The van der Waals surface area contributed by atoms with E-state index in [0.29, 0.717) is 35.3 Å². The van der Waals surface area contributed by atoms with Crippen molar-refractivity contribution in [2.24, 2.45) is 0 Å². The van der Waals surface area contributed by atoms with Crippen molar-refractivity contribution in [2.75, 3.05) is 12.3 Å². The lowest BCUT2D eigenvalue weighted by Gasteiger charge is -2.36. The number of amides is 1. The third-order valence-corrected chi connectivity index (χ3v) is 5.33. The van der Waals surface area contributed by atoms with Crippen LogP contribution in [0.3, 0.4) is 0 Å². The minimum absolute atomic E-state index is 0.00470. The zero-order chi connectivity index (χ0) is 22.0. The molecule has 4 rings (SSSR count). The van der Waals surface area contributed by atoms with Gasteiger partial charge in [-0.05, 0) is 49.1 Å². The fourth-order valence-corrected chi connectivity index (χ4v) is 3.86. The molecule has 2 aromatic heterocycles. The van der Waals surface area contributed by atoms with E-state index < -0.39 is 17.8 Å². The first-order chi connectivity index (χ1) is 14.8. The highest BCUT2D eigenvalue weighted by Gasteiger charge is 2.33. The van der Waals surface area contributed by atoms with Gasteiger partial charge in [-0.3, -0.25) is 9.78 Å². The largest absolute Gasteiger partial charge is 0.416 e. The Balaban J connectivity index is 1.78. The number of hydrogen-bond donors (Lipinski definition) is 1. The summed E-state index contributed by atoms with van der Waals surface area (Å²) in [6.45, 7) is 0.504. The van der Waals surface area contributed by atoms with E-state index in [9.17, 15) is 18.0 Å². The van der Waals surface area contributed by atoms with Crippen molar-refractivity contribution in [1.29, 1.82) is 0 Å². The van der Waals surface area contributed by atoms with Crippen molar-refractivity contribution in [2.45, 2.75) is 31.5 Å². The number of aromatic nitrogens is 3. The van der Waals surface area contributed by atoms with Crippen LogP contribution < -0.4 is 5.73 Å². The third-order valence-electron chi connectivity index (χ3n) is 5.33. The zero-order valence-electron chi connectivity index (χ0n) is 16.5. The van der Waals surface area contributed by atoms with Crippen LogP contribution in [0.4, 0.5) is 19.1 Å². The molecule has 0 radical (unpaired) electrons. The van der Waals surface area contributed by atoms with E-state index in [-0.39, 0.29) is 11.9 Å². The number of hydrogen-bond acceptors (Lipinski definition) is 5. The lowest BCUT2D eigenvalue weighted by atomic mass is 9.92. The molecule has 160 valence electrons. The van der Waals surface area contributed by atoms with Gasteiger partial charge >= 0.3 is 6.18 Å². The normalized spacial score (nSPS) is 16.9. The molecule has 31 heavy (non-hydrogen) atoms. The Bertz CT molecular complexity index is 1090. The van der Waals surface area contributed by atoms with Crippen molar-refractivity contribution in [3.63, 3.8) is 0 Å². The highest BCUT2D eigenvalue weighted by atomic mass is 19.4. The molecule has 3 aromatic rings. The predicted octanol–water partition coefficient (Wildman–Crippen LogP) is 4.51. The van der Waals surface area contributed by atoms with Crippen LogP contribution in [0.1, 0.15) is 46.9 Å². The van der Waals surface area contributed by atoms with Gasteiger partial charge in [-0.25, -0.2) is 9.97 Å². The maximum absolute atomic E-state index is 13.2. The Morgan fingerprint density at radius 3 is 2.71 bits per heavy atom. The van der Waals surface area contributed by atoms with Crippen molar-refractivity contribution >= 4 is 11.9 Å². The topological polar surface area (TPSA) is 85.0 Å². The van der Waals surface area contributed by atoms with E-state index >= 15 is 0 Å². The van der Waals surface area contributed by atoms with E-state index in [1.165, 1.54) is 18.5 Å². The van der Waals surface area contributed by atoms with Crippen LogP contribution >= 0.6 is 0 Å². The molecule has 1 atom stereocenters. The second-order valence-corrected chi connectivity index (χ2v) is 7.36. The monoisotopic (exact) mass is 427 g/mol. The minimum Gasteiger partial charge on any atom is -0.368 e. The summed E-state index contributed by atoms with van der Waals surface area (Å²) in [5.41, 5.74) is 6.70. The molecule has 0 bridgehead atoms. The quantitative estimate of drug-likeness (QED) is 0.665. The van der Waals surface area contributed by atoms with Crippen molar-refractivity contribution < 1.29 is 18.0 Å². The number of rotatable bonds is 3. The second kappa shape index (κ2) is 8.33. The minimum atomic E-state index is -4.47. The lowest BCUT2D eigenvalue weighted by Crippen LogP contribution is -2.39. The van der Waals surface area contributed by atoms with Crippen LogP contribution in [-0.2, 0) is 6.18 Å². The molecule has 1 aliphatic rings. The van der Waals surface area contributed by atoms with E-state index in [2.05, 4.69) is 15.0 Å². The number of nitrogens with two attached hydrogens (primary N) is 1. The Labute approximate surface area is 177 Å². The molecule has 1 fully saturated rings. The molecule has 0 saturated carbocycles. The molecule has 1 aliphatic heterocycles. The molecule has 6 nitrogen and oxygen atoms in total. The SMILES string of the molecule is Nc1ncc(-c2cccc(C(F)(F)F)c2)c([C@H]2CCCCN2C(=O)c2cccnc2)n1. The van der Waals surface area contributed by atoms with Gasteiger partial charge in [0.05, 0.1) is 22.9 Å². The molecule has 1 saturated heterocycles. The van der Waals surface area contributed by atoms with Gasteiger partial charge < -0.3 is 10.6 Å². The molecule has 9 heteroatoms. The number of anilines is 1. The maximum atomic E-state index is 13.2. The molecule has 3 heterocycles. The van der Waals surface area contributed by atoms with Crippen molar-refractivity contribution in [1.82, 2.24) is 19.9 Å². The number of carbonyl (C=O) groups is 1.